The smallest absolute Gasteiger partial charge is 0.165 e. The number of aliphatic hydroxyl groups excluding tert-OH is 3. The van der Waals surface area contributed by atoms with Crippen molar-refractivity contribution < 1.29 is 29.7 Å². The zero-order valence-corrected chi connectivity index (χ0v) is 14.7. The zero-order chi connectivity index (χ0) is 19.2. The second-order valence-corrected chi connectivity index (χ2v) is 6.09. The molecule has 3 N–H and O–H groups in total. The van der Waals surface area contributed by atoms with Crippen LogP contribution in [0.15, 0.2) is 25.3 Å². The van der Waals surface area contributed by atoms with E-state index in [1.807, 2.05) is 0 Å². The number of hydrogen-bond donors (Lipinski definition) is 3. The molecule has 0 aromatic carbocycles. The van der Waals surface area contributed by atoms with E-state index in [9.17, 15) is 24.6 Å². The molecule has 6 nitrogen and oxygen atoms in total. The molecule has 2 atom stereocenters. The van der Waals surface area contributed by atoms with Gasteiger partial charge in [-0.1, -0.05) is 45.3 Å². The van der Waals surface area contributed by atoms with Crippen LogP contribution in [-0.2, 0) is 14.4 Å². The van der Waals surface area contributed by atoms with Crippen molar-refractivity contribution in [3.8, 4) is 0 Å². The number of ketones is 3. The molecular formula is C19H30O6. The Kier molecular flexibility index (Phi) is 12.7. The summed E-state index contributed by atoms with van der Waals surface area (Å²) >= 11 is 0. The SMILES string of the molecule is C=CC(=O)C(CCCCCCCCC(=O)C(O)C(O)CO)C(=O)C=C. The number of aliphatic hydroxyl groups is 3. The van der Waals surface area contributed by atoms with Crippen LogP contribution in [0.1, 0.15) is 51.4 Å². The largest absolute Gasteiger partial charge is 0.394 e. The van der Waals surface area contributed by atoms with E-state index >= 15 is 0 Å². The van der Waals surface area contributed by atoms with Crippen molar-refractivity contribution in [3.63, 3.8) is 0 Å². The van der Waals surface area contributed by atoms with E-state index in [0.717, 1.165) is 32.1 Å². The topological polar surface area (TPSA) is 112 Å². The summed E-state index contributed by atoms with van der Waals surface area (Å²) in [4.78, 5) is 34.8. The van der Waals surface area contributed by atoms with Crippen molar-refractivity contribution in [3.05, 3.63) is 25.3 Å². The van der Waals surface area contributed by atoms with Crippen LogP contribution in [0.25, 0.3) is 0 Å². The molecule has 0 aliphatic heterocycles. The molecule has 142 valence electrons. The maximum atomic E-state index is 11.6. The van der Waals surface area contributed by atoms with E-state index in [0.29, 0.717) is 12.8 Å². The molecule has 0 fully saturated rings. The van der Waals surface area contributed by atoms with Crippen molar-refractivity contribution in [2.75, 3.05) is 6.61 Å². The van der Waals surface area contributed by atoms with Crippen LogP contribution < -0.4 is 0 Å². The predicted molar refractivity (Wildman–Crippen MR) is 94.9 cm³/mol. The third-order valence-electron chi connectivity index (χ3n) is 4.14. The molecule has 0 spiro atoms. The van der Waals surface area contributed by atoms with E-state index in [1.165, 1.54) is 12.2 Å². The van der Waals surface area contributed by atoms with Crippen LogP contribution in [-0.4, -0.2) is 51.5 Å². The molecule has 0 rings (SSSR count). The molecular weight excluding hydrogens is 324 g/mol. The van der Waals surface area contributed by atoms with Gasteiger partial charge in [0.25, 0.3) is 0 Å². The summed E-state index contributed by atoms with van der Waals surface area (Å²) in [5, 5.41) is 27.3. The second-order valence-electron chi connectivity index (χ2n) is 6.09. The highest BCUT2D eigenvalue weighted by molar-refractivity contribution is 6.10. The number of unbranched alkanes of at least 4 members (excludes halogenated alkanes) is 5. The molecule has 0 bridgehead atoms. The molecule has 0 aromatic rings. The first-order valence-electron chi connectivity index (χ1n) is 8.71. The van der Waals surface area contributed by atoms with Crippen LogP contribution >= 0.6 is 0 Å². The number of carbonyl (C=O) groups excluding carboxylic acids is 3. The maximum absolute atomic E-state index is 11.6. The Balaban J connectivity index is 3.84. The lowest BCUT2D eigenvalue weighted by Crippen LogP contribution is -2.36. The molecule has 0 aromatic heterocycles. The standard InChI is InChI=1S/C19H30O6/c1-3-15(21)14(16(22)4-2)11-9-7-5-6-8-10-12-17(23)19(25)18(24)13-20/h3-4,14,18-20,24-25H,1-2,5-13H2. The van der Waals surface area contributed by atoms with Crippen LogP contribution in [0.4, 0.5) is 0 Å². The van der Waals surface area contributed by atoms with Crippen LogP contribution in [0, 0.1) is 5.92 Å². The summed E-state index contributed by atoms with van der Waals surface area (Å²) < 4.78 is 0. The lowest BCUT2D eigenvalue weighted by atomic mass is 9.92. The Morgan fingerprint density at radius 1 is 0.840 bits per heavy atom. The molecule has 0 saturated carbocycles. The third-order valence-corrected chi connectivity index (χ3v) is 4.14. The van der Waals surface area contributed by atoms with Crippen molar-refractivity contribution >= 4 is 17.3 Å². The van der Waals surface area contributed by atoms with Gasteiger partial charge in [-0.3, -0.25) is 14.4 Å². The van der Waals surface area contributed by atoms with Gasteiger partial charge in [-0.25, -0.2) is 0 Å². The van der Waals surface area contributed by atoms with E-state index < -0.39 is 30.5 Å². The normalized spacial score (nSPS) is 13.3. The third kappa shape index (κ3) is 9.43. The molecule has 25 heavy (non-hydrogen) atoms. The lowest BCUT2D eigenvalue weighted by Gasteiger charge is -2.14. The predicted octanol–water partition coefficient (Wildman–Crippen LogP) is 1.52. The van der Waals surface area contributed by atoms with Gasteiger partial charge in [-0.15, -0.1) is 0 Å². The highest BCUT2D eigenvalue weighted by Crippen LogP contribution is 2.16. The van der Waals surface area contributed by atoms with E-state index in [2.05, 4.69) is 13.2 Å². The Morgan fingerprint density at radius 3 is 1.80 bits per heavy atom. The fraction of sp³-hybridized carbons (Fsp3) is 0.632. The molecule has 0 amide bonds. The second kappa shape index (κ2) is 13.6. The summed E-state index contributed by atoms with van der Waals surface area (Å²) in [6.45, 7) is 6.17. The van der Waals surface area contributed by atoms with Gasteiger partial charge in [0.2, 0.25) is 0 Å². The minimum absolute atomic E-state index is 0.169. The highest BCUT2D eigenvalue weighted by Gasteiger charge is 2.23. The number of hydrogen-bond acceptors (Lipinski definition) is 6. The Labute approximate surface area is 149 Å². The lowest BCUT2D eigenvalue weighted by molar-refractivity contribution is -0.134. The van der Waals surface area contributed by atoms with Crippen LogP contribution in [0.3, 0.4) is 0 Å². The number of Topliss-reactive ketones (excluding diaryl/α,β-unsaturated/α-hetero) is 1. The van der Waals surface area contributed by atoms with Gasteiger partial charge in [0.05, 0.1) is 12.5 Å². The van der Waals surface area contributed by atoms with Gasteiger partial charge in [0.1, 0.15) is 12.2 Å². The quantitative estimate of drug-likeness (QED) is 0.220. The average molecular weight is 354 g/mol. The monoisotopic (exact) mass is 354 g/mol. The van der Waals surface area contributed by atoms with Crippen molar-refractivity contribution in [1.82, 2.24) is 0 Å². The minimum Gasteiger partial charge on any atom is -0.394 e. The highest BCUT2D eigenvalue weighted by atomic mass is 16.4. The van der Waals surface area contributed by atoms with Gasteiger partial charge in [0.15, 0.2) is 17.3 Å². The van der Waals surface area contributed by atoms with E-state index in [4.69, 9.17) is 5.11 Å². The first kappa shape index (κ1) is 23.4. The molecule has 0 aliphatic rings. The molecule has 2 unspecified atom stereocenters. The molecule has 6 heteroatoms. The van der Waals surface area contributed by atoms with E-state index in [-0.39, 0.29) is 18.0 Å². The van der Waals surface area contributed by atoms with Crippen LogP contribution in [0.5, 0.6) is 0 Å². The molecule has 0 aliphatic carbocycles. The van der Waals surface area contributed by atoms with Crippen molar-refractivity contribution in [2.45, 2.75) is 63.6 Å². The van der Waals surface area contributed by atoms with Gasteiger partial charge in [0, 0.05) is 6.42 Å². The summed E-state index contributed by atoms with van der Waals surface area (Å²) in [6.07, 6.45) is 4.94. The Bertz CT molecular complexity index is 437. The summed E-state index contributed by atoms with van der Waals surface area (Å²) in [5.74, 6) is -1.68. The first-order chi connectivity index (χ1) is 11.9. The summed E-state index contributed by atoms with van der Waals surface area (Å²) in [7, 11) is 0. The summed E-state index contributed by atoms with van der Waals surface area (Å²) in [5.41, 5.74) is 0. The average Bonchev–Trinajstić information content (AvgIpc) is 2.63. The number of rotatable bonds is 16. The van der Waals surface area contributed by atoms with Gasteiger partial charge in [-0.05, 0) is 25.0 Å². The Morgan fingerprint density at radius 2 is 1.32 bits per heavy atom. The zero-order valence-electron chi connectivity index (χ0n) is 14.7. The van der Waals surface area contributed by atoms with Gasteiger partial charge >= 0.3 is 0 Å². The fourth-order valence-electron chi connectivity index (χ4n) is 2.53. The fourth-order valence-corrected chi connectivity index (χ4v) is 2.53. The molecule has 0 saturated heterocycles. The van der Waals surface area contributed by atoms with Gasteiger partial charge < -0.3 is 15.3 Å². The number of carbonyl (C=O) groups is 3. The van der Waals surface area contributed by atoms with Crippen LogP contribution in [0.2, 0.25) is 0 Å². The number of allylic oxidation sites excluding steroid dienone is 2. The molecule has 0 heterocycles. The van der Waals surface area contributed by atoms with Crippen molar-refractivity contribution in [2.24, 2.45) is 5.92 Å². The minimum atomic E-state index is -1.52. The maximum Gasteiger partial charge on any atom is 0.165 e. The van der Waals surface area contributed by atoms with Crippen molar-refractivity contribution in [1.29, 1.82) is 0 Å². The molecule has 0 radical (unpaired) electrons. The van der Waals surface area contributed by atoms with Gasteiger partial charge in [-0.2, -0.15) is 0 Å². The Hall–Kier alpha value is -1.63. The summed E-state index contributed by atoms with van der Waals surface area (Å²) in [6, 6.07) is 0. The van der Waals surface area contributed by atoms with E-state index in [1.54, 1.807) is 0 Å². The first-order valence-corrected chi connectivity index (χ1v) is 8.71.